The molecule has 0 aromatic carbocycles. The van der Waals surface area contributed by atoms with Crippen LogP contribution in [0.3, 0.4) is 0 Å². The monoisotopic (exact) mass is 333 g/mol. The molecule has 6 nitrogen and oxygen atoms in total. The summed E-state index contributed by atoms with van der Waals surface area (Å²) in [6.45, 7) is 2.55. The highest BCUT2D eigenvalue weighted by molar-refractivity contribution is 7.89. The summed E-state index contributed by atoms with van der Waals surface area (Å²) in [5.74, 6) is 0.786. The van der Waals surface area contributed by atoms with E-state index in [4.69, 9.17) is 4.74 Å². The van der Waals surface area contributed by atoms with Crippen molar-refractivity contribution < 1.29 is 13.2 Å². The highest BCUT2D eigenvalue weighted by atomic mass is 32.2. The Morgan fingerprint density at radius 1 is 1.26 bits per heavy atom. The van der Waals surface area contributed by atoms with Crippen LogP contribution in [0.2, 0.25) is 0 Å². The van der Waals surface area contributed by atoms with Gasteiger partial charge in [-0.2, -0.15) is 4.31 Å². The number of rotatable bonds is 5. The third-order valence-corrected chi connectivity index (χ3v) is 5.73. The molecule has 1 saturated heterocycles. The second-order valence-corrected chi connectivity index (χ2v) is 7.63. The Labute approximate surface area is 136 Å². The van der Waals surface area contributed by atoms with Crippen LogP contribution in [0, 0.1) is 0 Å². The highest BCUT2D eigenvalue weighted by Gasteiger charge is 2.31. The lowest BCUT2D eigenvalue weighted by atomic mass is 10.1. The molecule has 0 radical (unpaired) electrons. The first kappa shape index (κ1) is 15.9. The summed E-state index contributed by atoms with van der Waals surface area (Å²) in [6.07, 6.45) is 5.66. The van der Waals surface area contributed by atoms with Gasteiger partial charge in [-0.25, -0.2) is 8.42 Å². The van der Waals surface area contributed by atoms with Crippen molar-refractivity contribution >= 4 is 10.0 Å². The van der Waals surface area contributed by atoms with Crippen molar-refractivity contribution in [3.8, 4) is 17.0 Å². The molecular weight excluding hydrogens is 314 g/mol. The van der Waals surface area contributed by atoms with Crippen molar-refractivity contribution in [2.75, 3.05) is 18.8 Å². The van der Waals surface area contributed by atoms with Gasteiger partial charge in [-0.15, -0.1) is 0 Å². The third-order valence-electron chi connectivity index (χ3n) is 3.88. The molecule has 1 aliphatic rings. The molecule has 1 unspecified atom stereocenters. The van der Waals surface area contributed by atoms with Crippen LogP contribution in [-0.2, 0) is 10.0 Å². The fraction of sp³-hybridized carbons (Fsp3) is 0.375. The lowest BCUT2D eigenvalue weighted by Gasteiger charge is -2.17. The Hall–Kier alpha value is -1.99. The van der Waals surface area contributed by atoms with Crippen LogP contribution >= 0.6 is 0 Å². The normalized spacial score (nSPS) is 18.9. The average molecular weight is 333 g/mol. The molecule has 1 aliphatic heterocycles. The predicted octanol–water partition coefficient (Wildman–Crippen LogP) is 1.95. The maximum Gasteiger partial charge on any atom is 0.213 e. The van der Waals surface area contributed by atoms with Gasteiger partial charge < -0.3 is 4.74 Å². The highest BCUT2D eigenvalue weighted by Crippen LogP contribution is 2.29. The van der Waals surface area contributed by atoms with Gasteiger partial charge in [0.2, 0.25) is 10.0 Å². The number of ether oxygens (including phenoxy) is 1. The zero-order valence-corrected chi connectivity index (χ0v) is 13.7. The van der Waals surface area contributed by atoms with E-state index in [0.717, 1.165) is 11.3 Å². The van der Waals surface area contributed by atoms with Crippen LogP contribution < -0.4 is 4.74 Å². The number of sulfonamides is 1. The lowest BCUT2D eigenvalue weighted by molar-refractivity contribution is 0.216. The van der Waals surface area contributed by atoms with Crippen LogP contribution in [-0.4, -0.2) is 47.6 Å². The van der Waals surface area contributed by atoms with Crippen LogP contribution in [0.4, 0.5) is 0 Å². The van der Waals surface area contributed by atoms with Gasteiger partial charge in [-0.1, -0.05) is 0 Å². The van der Waals surface area contributed by atoms with E-state index in [1.807, 2.05) is 24.3 Å². The van der Waals surface area contributed by atoms with Gasteiger partial charge in [-0.3, -0.25) is 9.97 Å². The molecule has 3 rings (SSSR count). The maximum atomic E-state index is 11.9. The second kappa shape index (κ2) is 6.64. The lowest BCUT2D eigenvalue weighted by Crippen LogP contribution is -2.32. The Bertz CT molecular complexity index is 765. The molecule has 0 N–H and O–H groups in total. The number of pyridine rings is 2. The maximum absolute atomic E-state index is 11.9. The van der Waals surface area contributed by atoms with Crippen molar-refractivity contribution in [1.82, 2.24) is 14.3 Å². The van der Waals surface area contributed by atoms with E-state index in [1.54, 1.807) is 25.5 Å². The summed E-state index contributed by atoms with van der Waals surface area (Å²) < 4.78 is 31.4. The summed E-state index contributed by atoms with van der Waals surface area (Å²) >= 11 is 0. The van der Waals surface area contributed by atoms with Crippen molar-refractivity contribution in [3.63, 3.8) is 0 Å². The van der Waals surface area contributed by atoms with Crippen molar-refractivity contribution in [1.29, 1.82) is 0 Å². The predicted molar refractivity (Wildman–Crippen MR) is 87.5 cm³/mol. The third kappa shape index (κ3) is 3.51. The van der Waals surface area contributed by atoms with Crippen LogP contribution in [0.1, 0.15) is 13.3 Å². The smallest absolute Gasteiger partial charge is 0.213 e. The zero-order valence-electron chi connectivity index (χ0n) is 12.9. The molecule has 0 saturated carbocycles. The number of hydrogen-bond donors (Lipinski definition) is 0. The minimum atomic E-state index is -3.16. The van der Waals surface area contributed by atoms with E-state index in [9.17, 15) is 8.42 Å². The topological polar surface area (TPSA) is 72.4 Å². The van der Waals surface area contributed by atoms with E-state index in [2.05, 4.69) is 9.97 Å². The Balaban J connectivity index is 1.78. The minimum absolute atomic E-state index is 0.120. The largest absolute Gasteiger partial charge is 0.487 e. The van der Waals surface area contributed by atoms with Crippen molar-refractivity contribution in [2.24, 2.45) is 0 Å². The van der Waals surface area contributed by atoms with E-state index >= 15 is 0 Å². The first-order chi connectivity index (χ1) is 11.1. The molecular formula is C16H19N3O3S. The zero-order chi connectivity index (χ0) is 16.3. The fourth-order valence-corrected chi connectivity index (χ4v) is 3.76. The molecule has 2 aromatic heterocycles. The molecule has 1 atom stereocenters. The second-order valence-electron chi connectivity index (χ2n) is 5.37. The molecule has 0 bridgehead atoms. The van der Waals surface area contributed by atoms with Gasteiger partial charge in [0.1, 0.15) is 17.5 Å². The van der Waals surface area contributed by atoms with Gasteiger partial charge in [-0.05, 0) is 37.6 Å². The number of aromatic nitrogens is 2. The minimum Gasteiger partial charge on any atom is -0.487 e. The molecule has 0 aliphatic carbocycles. The Morgan fingerprint density at radius 2 is 2.04 bits per heavy atom. The van der Waals surface area contributed by atoms with Crippen molar-refractivity contribution in [3.05, 3.63) is 42.9 Å². The van der Waals surface area contributed by atoms with E-state index in [1.165, 1.54) is 4.31 Å². The van der Waals surface area contributed by atoms with Gasteiger partial charge in [0.05, 0.1) is 12.3 Å². The summed E-state index contributed by atoms with van der Waals surface area (Å²) in [7, 11) is -3.16. The number of nitrogens with zero attached hydrogens (tertiary/aromatic N) is 3. The summed E-state index contributed by atoms with van der Waals surface area (Å²) in [5.41, 5.74) is 1.67. The molecule has 23 heavy (non-hydrogen) atoms. The van der Waals surface area contributed by atoms with E-state index in [0.29, 0.717) is 25.3 Å². The molecule has 2 aromatic rings. The quantitative estimate of drug-likeness (QED) is 0.836. The van der Waals surface area contributed by atoms with Gasteiger partial charge in [0.15, 0.2) is 0 Å². The SMILES string of the molecule is CCS(=O)(=O)N1CCC(Oc2cccnc2-c2ccncc2)C1. The molecule has 1 fully saturated rings. The van der Waals surface area contributed by atoms with E-state index < -0.39 is 10.0 Å². The van der Waals surface area contributed by atoms with Gasteiger partial charge in [0, 0.05) is 30.7 Å². The van der Waals surface area contributed by atoms with Crippen LogP contribution in [0.15, 0.2) is 42.9 Å². The number of hydrogen-bond acceptors (Lipinski definition) is 5. The Kier molecular flexibility index (Phi) is 4.58. The van der Waals surface area contributed by atoms with Gasteiger partial charge in [0.25, 0.3) is 0 Å². The molecule has 122 valence electrons. The summed E-state index contributed by atoms with van der Waals surface area (Å²) in [6, 6.07) is 7.42. The fourth-order valence-electron chi connectivity index (χ4n) is 2.62. The van der Waals surface area contributed by atoms with Crippen LogP contribution in [0.5, 0.6) is 5.75 Å². The molecule has 7 heteroatoms. The standard InChI is InChI=1S/C16H19N3O3S/c1-2-23(20,21)19-11-7-14(12-19)22-15-4-3-8-18-16(15)13-5-9-17-10-6-13/h3-6,8-10,14H,2,7,11-12H2,1H3. The molecule has 0 spiro atoms. The summed E-state index contributed by atoms with van der Waals surface area (Å²) in [5, 5.41) is 0. The Morgan fingerprint density at radius 3 is 2.78 bits per heavy atom. The first-order valence-electron chi connectivity index (χ1n) is 7.60. The van der Waals surface area contributed by atoms with E-state index in [-0.39, 0.29) is 11.9 Å². The molecule has 3 heterocycles. The first-order valence-corrected chi connectivity index (χ1v) is 9.21. The summed E-state index contributed by atoms with van der Waals surface area (Å²) in [4.78, 5) is 8.40. The van der Waals surface area contributed by atoms with Crippen molar-refractivity contribution in [2.45, 2.75) is 19.4 Å². The molecule has 0 amide bonds. The average Bonchev–Trinajstić information content (AvgIpc) is 3.06. The van der Waals surface area contributed by atoms with Gasteiger partial charge >= 0.3 is 0 Å². The van der Waals surface area contributed by atoms with Crippen LogP contribution in [0.25, 0.3) is 11.3 Å².